The van der Waals surface area contributed by atoms with Crippen LogP contribution in [0.4, 0.5) is 16.2 Å². The molecule has 4 rings (SSSR count). The van der Waals surface area contributed by atoms with Crippen LogP contribution in [0.25, 0.3) is 0 Å². The van der Waals surface area contributed by atoms with Crippen LogP contribution in [0.5, 0.6) is 5.75 Å². The van der Waals surface area contributed by atoms with Gasteiger partial charge in [0.1, 0.15) is 5.75 Å². The number of nitro groups is 1. The Labute approximate surface area is 222 Å². The molecule has 0 bridgehead atoms. The molecular formula is C31H31N3O4. The van der Waals surface area contributed by atoms with Gasteiger partial charge in [-0.3, -0.25) is 10.1 Å². The third kappa shape index (κ3) is 7.20. The maximum atomic E-state index is 13.4. The van der Waals surface area contributed by atoms with Crippen LogP contribution < -0.4 is 10.1 Å². The fourth-order valence-electron chi connectivity index (χ4n) is 4.38. The van der Waals surface area contributed by atoms with Gasteiger partial charge in [-0.2, -0.15) is 0 Å². The number of amides is 2. The SMILES string of the molecule is CCOc1ccc(CN(CCC(c2ccccc2)c2ccccc2)C(=O)Nc2ccc([N+](=O)[O-])cc2)cc1. The highest BCUT2D eigenvalue weighted by molar-refractivity contribution is 5.89. The predicted octanol–water partition coefficient (Wildman–Crippen LogP) is 7.25. The summed E-state index contributed by atoms with van der Waals surface area (Å²) in [5.41, 5.74) is 3.83. The van der Waals surface area contributed by atoms with Gasteiger partial charge in [-0.05, 0) is 54.3 Å². The summed E-state index contributed by atoms with van der Waals surface area (Å²) >= 11 is 0. The molecule has 0 atom stereocenters. The first kappa shape index (κ1) is 26.4. The molecule has 0 aromatic heterocycles. The number of nitrogens with zero attached hydrogens (tertiary/aromatic N) is 2. The number of urea groups is 1. The second-order valence-corrected chi connectivity index (χ2v) is 8.90. The molecule has 0 aliphatic carbocycles. The maximum absolute atomic E-state index is 13.4. The van der Waals surface area contributed by atoms with Crippen molar-refractivity contribution in [3.63, 3.8) is 0 Å². The predicted molar refractivity (Wildman–Crippen MR) is 149 cm³/mol. The average molecular weight is 510 g/mol. The minimum Gasteiger partial charge on any atom is -0.494 e. The van der Waals surface area contributed by atoms with E-state index in [1.165, 1.54) is 23.3 Å². The molecular weight excluding hydrogens is 478 g/mol. The number of nitro benzene ring substituents is 1. The van der Waals surface area contributed by atoms with E-state index < -0.39 is 4.92 Å². The Balaban J connectivity index is 1.55. The molecule has 1 N–H and O–H groups in total. The van der Waals surface area contributed by atoms with E-state index in [4.69, 9.17) is 4.74 Å². The third-order valence-electron chi connectivity index (χ3n) is 6.32. The Morgan fingerprint density at radius 2 is 1.45 bits per heavy atom. The van der Waals surface area contributed by atoms with Gasteiger partial charge in [0.25, 0.3) is 5.69 Å². The van der Waals surface area contributed by atoms with Crippen LogP contribution in [0.2, 0.25) is 0 Å². The molecule has 0 saturated heterocycles. The molecule has 0 aliphatic heterocycles. The number of non-ortho nitro benzene ring substituents is 1. The Morgan fingerprint density at radius 3 is 1.97 bits per heavy atom. The van der Waals surface area contributed by atoms with E-state index in [1.54, 1.807) is 17.0 Å². The minimum atomic E-state index is -0.461. The topological polar surface area (TPSA) is 84.7 Å². The highest BCUT2D eigenvalue weighted by atomic mass is 16.6. The van der Waals surface area contributed by atoms with Crippen molar-refractivity contribution in [2.75, 3.05) is 18.5 Å². The second kappa shape index (κ2) is 13.1. The van der Waals surface area contributed by atoms with Gasteiger partial charge in [-0.25, -0.2) is 4.79 Å². The van der Waals surface area contributed by atoms with Gasteiger partial charge in [-0.15, -0.1) is 0 Å². The summed E-state index contributed by atoms with van der Waals surface area (Å²) in [6, 6.07) is 33.9. The van der Waals surface area contributed by atoms with E-state index in [2.05, 4.69) is 29.6 Å². The normalized spacial score (nSPS) is 10.7. The van der Waals surface area contributed by atoms with Crippen molar-refractivity contribution in [2.24, 2.45) is 0 Å². The molecule has 38 heavy (non-hydrogen) atoms. The Hall–Kier alpha value is -4.65. The van der Waals surface area contributed by atoms with E-state index in [1.807, 2.05) is 67.6 Å². The molecule has 4 aromatic rings. The first-order valence-corrected chi connectivity index (χ1v) is 12.7. The van der Waals surface area contributed by atoms with Crippen molar-refractivity contribution < 1.29 is 14.5 Å². The monoisotopic (exact) mass is 509 g/mol. The zero-order valence-corrected chi connectivity index (χ0v) is 21.3. The number of carbonyl (C=O) groups is 1. The van der Waals surface area contributed by atoms with Gasteiger partial charge in [0.2, 0.25) is 0 Å². The number of hydrogen-bond acceptors (Lipinski definition) is 4. The lowest BCUT2D eigenvalue weighted by Crippen LogP contribution is -2.36. The quantitative estimate of drug-likeness (QED) is 0.170. The zero-order valence-electron chi connectivity index (χ0n) is 21.3. The van der Waals surface area contributed by atoms with Crippen LogP contribution in [-0.4, -0.2) is 29.0 Å². The molecule has 0 heterocycles. The second-order valence-electron chi connectivity index (χ2n) is 8.90. The van der Waals surface area contributed by atoms with E-state index in [9.17, 15) is 14.9 Å². The number of hydrogen-bond donors (Lipinski definition) is 1. The summed E-state index contributed by atoms with van der Waals surface area (Å²) in [5.74, 6) is 0.902. The third-order valence-corrected chi connectivity index (χ3v) is 6.32. The number of carbonyl (C=O) groups excluding carboxylic acids is 1. The van der Waals surface area contributed by atoms with E-state index in [0.29, 0.717) is 25.4 Å². The van der Waals surface area contributed by atoms with Crippen molar-refractivity contribution in [2.45, 2.75) is 25.8 Å². The lowest BCUT2D eigenvalue weighted by Gasteiger charge is -2.26. The van der Waals surface area contributed by atoms with Gasteiger partial charge in [0.15, 0.2) is 0 Å². The molecule has 0 saturated carbocycles. The fourth-order valence-corrected chi connectivity index (χ4v) is 4.38. The average Bonchev–Trinajstić information content (AvgIpc) is 2.95. The number of ether oxygens (including phenoxy) is 1. The van der Waals surface area contributed by atoms with E-state index >= 15 is 0 Å². The van der Waals surface area contributed by atoms with Crippen LogP contribution in [0.15, 0.2) is 109 Å². The summed E-state index contributed by atoms with van der Waals surface area (Å²) in [5, 5.41) is 13.9. The fraction of sp³-hybridized carbons (Fsp3) is 0.194. The molecule has 0 spiro atoms. The number of rotatable bonds is 11. The first-order chi connectivity index (χ1) is 18.5. The van der Waals surface area contributed by atoms with Gasteiger partial charge in [0.05, 0.1) is 11.5 Å². The van der Waals surface area contributed by atoms with Crippen LogP contribution in [0, 0.1) is 10.1 Å². The molecule has 2 amide bonds. The molecule has 0 radical (unpaired) electrons. The lowest BCUT2D eigenvalue weighted by molar-refractivity contribution is -0.384. The smallest absolute Gasteiger partial charge is 0.322 e. The van der Waals surface area contributed by atoms with Gasteiger partial charge < -0.3 is 15.0 Å². The molecule has 7 heteroatoms. The van der Waals surface area contributed by atoms with Crippen LogP contribution in [0.3, 0.4) is 0 Å². The van der Waals surface area contributed by atoms with Crippen LogP contribution >= 0.6 is 0 Å². The van der Waals surface area contributed by atoms with Crippen LogP contribution in [0.1, 0.15) is 36.0 Å². The largest absolute Gasteiger partial charge is 0.494 e. The Bertz CT molecular complexity index is 1270. The van der Waals surface area contributed by atoms with E-state index in [0.717, 1.165) is 17.7 Å². The van der Waals surface area contributed by atoms with Gasteiger partial charge in [-0.1, -0.05) is 72.8 Å². The summed E-state index contributed by atoms with van der Waals surface area (Å²) in [6.07, 6.45) is 0.721. The summed E-state index contributed by atoms with van der Waals surface area (Å²) in [4.78, 5) is 25.8. The Morgan fingerprint density at radius 1 is 0.868 bits per heavy atom. The van der Waals surface area contributed by atoms with Crippen LogP contribution in [-0.2, 0) is 6.54 Å². The van der Waals surface area contributed by atoms with Crippen molar-refractivity contribution in [1.82, 2.24) is 4.90 Å². The molecule has 4 aromatic carbocycles. The van der Waals surface area contributed by atoms with Gasteiger partial charge >= 0.3 is 6.03 Å². The minimum absolute atomic E-state index is 0.0252. The molecule has 7 nitrogen and oxygen atoms in total. The summed E-state index contributed by atoms with van der Waals surface area (Å²) < 4.78 is 5.55. The highest BCUT2D eigenvalue weighted by Crippen LogP contribution is 2.29. The molecule has 0 fully saturated rings. The van der Waals surface area contributed by atoms with Crippen molar-refractivity contribution in [1.29, 1.82) is 0 Å². The van der Waals surface area contributed by atoms with Crippen molar-refractivity contribution in [3.05, 3.63) is 136 Å². The molecule has 0 unspecified atom stereocenters. The first-order valence-electron chi connectivity index (χ1n) is 12.7. The van der Waals surface area contributed by atoms with Crippen molar-refractivity contribution >= 4 is 17.4 Å². The number of nitrogens with one attached hydrogen (secondary N) is 1. The van der Waals surface area contributed by atoms with Crippen molar-refractivity contribution in [3.8, 4) is 5.75 Å². The standard InChI is InChI=1S/C31H31N3O4/c1-2-38-29-19-13-24(14-20-29)23-33(31(35)32-27-15-17-28(18-16-27)34(36)37)22-21-30(25-9-5-3-6-10-25)26-11-7-4-8-12-26/h3-20,30H,2,21-23H2,1H3,(H,32,35). The molecule has 0 aliphatic rings. The molecule has 194 valence electrons. The number of benzene rings is 4. The highest BCUT2D eigenvalue weighted by Gasteiger charge is 2.20. The van der Waals surface area contributed by atoms with Gasteiger partial charge in [0, 0.05) is 36.8 Å². The van der Waals surface area contributed by atoms with E-state index in [-0.39, 0.29) is 17.6 Å². The summed E-state index contributed by atoms with van der Waals surface area (Å²) in [6.45, 7) is 3.43. The number of anilines is 1. The zero-order chi connectivity index (χ0) is 26.7. The maximum Gasteiger partial charge on any atom is 0.322 e. The lowest BCUT2D eigenvalue weighted by atomic mass is 9.88. The summed E-state index contributed by atoms with van der Waals surface area (Å²) in [7, 11) is 0. The Kier molecular flexibility index (Phi) is 9.07.